The van der Waals surface area contributed by atoms with E-state index in [0.29, 0.717) is 0 Å². The molecule has 0 radical (unpaired) electrons. The second-order valence-corrected chi connectivity index (χ2v) is 5.58. The zero-order valence-electron chi connectivity index (χ0n) is 11.1. The Morgan fingerprint density at radius 2 is 2.21 bits per heavy atom. The number of rotatable bonds is 4. The minimum atomic E-state index is -0.919. The predicted molar refractivity (Wildman–Crippen MR) is 76.7 cm³/mol. The van der Waals surface area contributed by atoms with Crippen LogP contribution in [0.5, 0.6) is 0 Å². The van der Waals surface area contributed by atoms with Gasteiger partial charge in [0.15, 0.2) is 0 Å². The van der Waals surface area contributed by atoms with Crippen LogP contribution >= 0.6 is 11.3 Å². The van der Waals surface area contributed by atoms with Crippen LogP contribution in [0.3, 0.4) is 0 Å². The lowest BCUT2D eigenvalue weighted by Gasteiger charge is -2.10. The van der Waals surface area contributed by atoms with E-state index in [2.05, 4.69) is 17.2 Å². The zero-order chi connectivity index (χ0) is 14.0. The number of hydrogen-bond donors (Lipinski definition) is 2. The first-order chi connectivity index (χ1) is 9.02. The molecule has 1 unspecified atom stereocenters. The molecule has 0 amide bonds. The number of aryl methyl sites for hydroxylation is 1. The van der Waals surface area contributed by atoms with E-state index < -0.39 is 5.97 Å². The number of benzene rings is 1. The van der Waals surface area contributed by atoms with Crippen molar-refractivity contribution < 1.29 is 9.90 Å². The largest absolute Gasteiger partial charge is 0.478 e. The molecule has 0 bridgehead atoms. The van der Waals surface area contributed by atoms with Gasteiger partial charge >= 0.3 is 5.97 Å². The molecule has 1 atom stereocenters. The third-order valence-corrected chi connectivity index (χ3v) is 4.12. The molecule has 4 nitrogen and oxygen atoms in total. The van der Waals surface area contributed by atoms with Gasteiger partial charge in [-0.05, 0) is 33.0 Å². The number of nitrogens with one attached hydrogen (secondary N) is 1. The van der Waals surface area contributed by atoms with Crippen molar-refractivity contribution in [2.45, 2.75) is 19.9 Å². The highest BCUT2D eigenvalue weighted by molar-refractivity contribution is 7.12. The molecule has 19 heavy (non-hydrogen) atoms. The van der Waals surface area contributed by atoms with Crippen molar-refractivity contribution in [1.82, 2.24) is 10.3 Å². The van der Waals surface area contributed by atoms with E-state index in [4.69, 9.17) is 5.11 Å². The standard InChI is InChI=1S/C14H16N2O2S/c1-8(15-3)13-12(16-9(2)19-13)10-5-4-6-11(7-10)14(17)18/h4-8,15H,1-3H3,(H,17,18). The van der Waals surface area contributed by atoms with E-state index in [1.54, 1.807) is 29.5 Å². The Labute approximate surface area is 116 Å². The van der Waals surface area contributed by atoms with Crippen molar-refractivity contribution in [3.05, 3.63) is 39.7 Å². The Kier molecular flexibility index (Phi) is 3.97. The molecule has 1 aromatic heterocycles. The van der Waals surface area contributed by atoms with Gasteiger partial charge < -0.3 is 10.4 Å². The molecule has 2 rings (SSSR count). The highest BCUT2D eigenvalue weighted by Gasteiger charge is 2.16. The number of aromatic nitrogens is 1. The van der Waals surface area contributed by atoms with Crippen LogP contribution in [-0.4, -0.2) is 23.1 Å². The van der Waals surface area contributed by atoms with Gasteiger partial charge in [0.1, 0.15) is 0 Å². The molecule has 0 aliphatic carbocycles. The maximum Gasteiger partial charge on any atom is 0.335 e. The van der Waals surface area contributed by atoms with Crippen LogP contribution in [-0.2, 0) is 0 Å². The Morgan fingerprint density at radius 1 is 1.47 bits per heavy atom. The summed E-state index contributed by atoms with van der Waals surface area (Å²) in [5.74, 6) is -0.919. The lowest BCUT2D eigenvalue weighted by Crippen LogP contribution is -2.11. The molecule has 0 aliphatic heterocycles. The molecule has 2 aromatic rings. The molecule has 0 saturated heterocycles. The molecule has 0 spiro atoms. The summed E-state index contributed by atoms with van der Waals surface area (Å²) in [6.45, 7) is 4.03. The fraction of sp³-hybridized carbons (Fsp3) is 0.286. The Morgan fingerprint density at radius 3 is 2.84 bits per heavy atom. The number of hydrogen-bond acceptors (Lipinski definition) is 4. The quantitative estimate of drug-likeness (QED) is 0.900. The molecule has 100 valence electrons. The first-order valence-electron chi connectivity index (χ1n) is 6.01. The highest BCUT2D eigenvalue weighted by atomic mass is 32.1. The summed E-state index contributed by atoms with van der Waals surface area (Å²) in [6.07, 6.45) is 0. The van der Waals surface area contributed by atoms with Crippen molar-refractivity contribution in [2.75, 3.05) is 7.05 Å². The molecule has 5 heteroatoms. The summed E-state index contributed by atoms with van der Waals surface area (Å²) in [6, 6.07) is 7.10. The number of thiazole rings is 1. The Bertz CT molecular complexity index is 607. The highest BCUT2D eigenvalue weighted by Crippen LogP contribution is 2.32. The number of carbonyl (C=O) groups is 1. The van der Waals surface area contributed by atoms with Crippen LogP contribution in [0, 0.1) is 6.92 Å². The number of aromatic carboxylic acids is 1. The summed E-state index contributed by atoms with van der Waals surface area (Å²) in [4.78, 5) is 16.7. The van der Waals surface area contributed by atoms with Gasteiger partial charge in [0.2, 0.25) is 0 Å². The Hall–Kier alpha value is -1.72. The van der Waals surface area contributed by atoms with E-state index in [1.165, 1.54) is 0 Å². The van der Waals surface area contributed by atoms with E-state index in [-0.39, 0.29) is 11.6 Å². The molecule has 0 fully saturated rings. The molecule has 0 saturated carbocycles. The van der Waals surface area contributed by atoms with Crippen LogP contribution in [0.15, 0.2) is 24.3 Å². The lowest BCUT2D eigenvalue weighted by atomic mass is 10.1. The predicted octanol–water partition coefficient (Wildman–Crippen LogP) is 3.10. The lowest BCUT2D eigenvalue weighted by molar-refractivity contribution is 0.0697. The maximum atomic E-state index is 11.0. The monoisotopic (exact) mass is 276 g/mol. The number of carboxylic acids is 1. The van der Waals surface area contributed by atoms with E-state index >= 15 is 0 Å². The molecule has 0 aliphatic rings. The molecule has 1 heterocycles. The maximum absolute atomic E-state index is 11.0. The topological polar surface area (TPSA) is 62.2 Å². The summed E-state index contributed by atoms with van der Waals surface area (Å²) in [5.41, 5.74) is 2.00. The molecule has 2 N–H and O–H groups in total. The smallest absolute Gasteiger partial charge is 0.335 e. The molecular weight excluding hydrogens is 260 g/mol. The summed E-state index contributed by atoms with van der Waals surface area (Å²) in [7, 11) is 1.90. The van der Waals surface area contributed by atoms with E-state index in [9.17, 15) is 4.79 Å². The van der Waals surface area contributed by atoms with Crippen LogP contribution in [0.1, 0.15) is 33.2 Å². The third kappa shape index (κ3) is 2.83. The summed E-state index contributed by atoms with van der Waals surface area (Å²) >= 11 is 1.64. The minimum absolute atomic E-state index is 0.190. The van der Waals surface area contributed by atoms with Crippen LogP contribution in [0.4, 0.5) is 0 Å². The van der Waals surface area contributed by atoms with Crippen LogP contribution < -0.4 is 5.32 Å². The normalized spacial score (nSPS) is 12.4. The van der Waals surface area contributed by atoms with Crippen molar-refractivity contribution in [3.8, 4) is 11.3 Å². The second kappa shape index (κ2) is 5.50. The number of nitrogens with zero attached hydrogens (tertiary/aromatic N) is 1. The SMILES string of the molecule is CNC(C)c1sc(C)nc1-c1cccc(C(=O)O)c1. The zero-order valence-corrected chi connectivity index (χ0v) is 11.9. The molecular formula is C14H16N2O2S. The first kappa shape index (κ1) is 13.7. The van der Waals surface area contributed by atoms with E-state index in [0.717, 1.165) is 21.1 Å². The van der Waals surface area contributed by atoms with Crippen molar-refractivity contribution >= 4 is 17.3 Å². The minimum Gasteiger partial charge on any atom is -0.478 e. The summed E-state index contributed by atoms with van der Waals surface area (Å²) in [5, 5.41) is 13.2. The van der Waals surface area contributed by atoms with Gasteiger partial charge in [-0.1, -0.05) is 12.1 Å². The average molecular weight is 276 g/mol. The Balaban J connectivity index is 2.52. The van der Waals surface area contributed by atoms with Crippen LogP contribution in [0.25, 0.3) is 11.3 Å². The molecule has 1 aromatic carbocycles. The van der Waals surface area contributed by atoms with Crippen molar-refractivity contribution in [3.63, 3.8) is 0 Å². The van der Waals surface area contributed by atoms with Gasteiger partial charge in [0.05, 0.1) is 16.3 Å². The third-order valence-electron chi connectivity index (χ3n) is 2.97. The average Bonchev–Trinajstić information content (AvgIpc) is 2.80. The summed E-state index contributed by atoms with van der Waals surface area (Å²) < 4.78 is 0. The first-order valence-corrected chi connectivity index (χ1v) is 6.83. The van der Waals surface area contributed by atoms with Gasteiger partial charge in [-0.15, -0.1) is 11.3 Å². The fourth-order valence-corrected chi connectivity index (χ4v) is 2.88. The van der Waals surface area contributed by atoms with Crippen molar-refractivity contribution in [2.24, 2.45) is 0 Å². The van der Waals surface area contributed by atoms with Gasteiger partial charge in [-0.25, -0.2) is 9.78 Å². The van der Waals surface area contributed by atoms with Crippen molar-refractivity contribution in [1.29, 1.82) is 0 Å². The fourth-order valence-electron chi connectivity index (χ4n) is 1.87. The van der Waals surface area contributed by atoms with Gasteiger partial charge in [-0.2, -0.15) is 0 Å². The van der Waals surface area contributed by atoms with Gasteiger partial charge in [0, 0.05) is 16.5 Å². The van der Waals surface area contributed by atoms with Gasteiger partial charge in [-0.3, -0.25) is 0 Å². The number of carboxylic acid groups (broad SMARTS) is 1. The van der Waals surface area contributed by atoms with Gasteiger partial charge in [0.25, 0.3) is 0 Å². The van der Waals surface area contributed by atoms with E-state index in [1.807, 2.05) is 20.0 Å². The van der Waals surface area contributed by atoms with Crippen LogP contribution in [0.2, 0.25) is 0 Å². The second-order valence-electron chi connectivity index (χ2n) is 4.34.